The summed E-state index contributed by atoms with van der Waals surface area (Å²) in [5.41, 5.74) is 4.68. The molecule has 0 fully saturated rings. The number of fused-ring (bicyclic) bond motifs is 1. The lowest BCUT2D eigenvalue weighted by Crippen LogP contribution is -2.28. The van der Waals surface area contributed by atoms with Gasteiger partial charge >= 0.3 is 5.97 Å². The van der Waals surface area contributed by atoms with Gasteiger partial charge in [0, 0.05) is 28.5 Å². The van der Waals surface area contributed by atoms with Crippen LogP contribution < -0.4 is 0 Å². The van der Waals surface area contributed by atoms with E-state index in [0.29, 0.717) is 10.6 Å². The van der Waals surface area contributed by atoms with Crippen LogP contribution in [0.4, 0.5) is 0 Å². The molecule has 0 saturated heterocycles. The van der Waals surface area contributed by atoms with Crippen LogP contribution in [-0.2, 0) is 9.53 Å². The third-order valence-corrected chi connectivity index (χ3v) is 5.72. The van der Waals surface area contributed by atoms with E-state index in [-0.39, 0.29) is 0 Å². The highest BCUT2D eigenvalue weighted by molar-refractivity contribution is 6.30. The van der Waals surface area contributed by atoms with Gasteiger partial charge in [0.2, 0.25) is 0 Å². The quantitative estimate of drug-likeness (QED) is 0.336. The first-order valence-corrected chi connectivity index (χ1v) is 11.2. The van der Waals surface area contributed by atoms with Gasteiger partial charge in [0.1, 0.15) is 0 Å². The molecule has 4 aromatic rings. The molecule has 1 aromatic heterocycles. The standard InChI is InChI=1S/C28H26ClNO3/c1-17-14-21-15-19(20-6-5-13-30-16-20)9-12-23(21)25(18-7-10-22(29)11-8-18)24(17)26(27(31)32)33-28(2,3)4/h5-16,26H,1-4H3,(H,31,32). The van der Waals surface area contributed by atoms with Crippen molar-refractivity contribution >= 4 is 28.3 Å². The summed E-state index contributed by atoms with van der Waals surface area (Å²) >= 11 is 6.15. The number of carboxylic acids is 1. The van der Waals surface area contributed by atoms with Crippen LogP contribution in [0.1, 0.15) is 38.0 Å². The van der Waals surface area contributed by atoms with E-state index in [2.05, 4.69) is 11.1 Å². The second kappa shape index (κ2) is 8.97. The maximum atomic E-state index is 12.4. The van der Waals surface area contributed by atoms with Crippen LogP contribution in [0.3, 0.4) is 0 Å². The maximum Gasteiger partial charge on any atom is 0.337 e. The summed E-state index contributed by atoms with van der Waals surface area (Å²) in [4.78, 5) is 16.6. The molecular weight excluding hydrogens is 434 g/mol. The zero-order chi connectivity index (χ0) is 23.8. The number of carbonyl (C=O) groups is 1. The summed E-state index contributed by atoms with van der Waals surface area (Å²) in [6.07, 6.45) is 2.47. The van der Waals surface area contributed by atoms with Crippen LogP contribution in [0.25, 0.3) is 33.0 Å². The molecule has 3 aromatic carbocycles. The Bertz CT molecular complexity index is 1310. The number of rotatable bonds is 5. The highest BCUT2D eigenvalue weighted by atomic mass is 35.5. The van der Waals surface area contributed by atoms with Gasteiger partial charge in [0.15, 0.2) is 6.10 Å². The van der Waals surface area contributed by atoms with Crippen LogP contribution >= 0.6 is 11.6 Å². The Balaban J connectivity index is 2.02. The number of aliphatic carboxylic acids is 1. The molecule has 0 amide bonds. The minimum absolute atomic E-state index is 0.622. The second-order valence-electron chi connectivity index (χ2n) is 9.12. The summed E-state index contributed by atoms with van der Waals surface area (Å²) < 4.78 is 6.06. The predicted octanol–water partition coefficient (Wildman–Crippen LogP) is 7.47. The highest BCUT2D eigenvalue weighted by Crippen LogP contribution is 2.41. The van der Waals surface area contributed by atoms with Crippen molar-refractivity contribution in [3.63, 3.8) is 0 Å². The minimum atomic E-state index is -1.11. The van der Waals surface area contributed by atoms with Gasteiger partial charge in [-0.3, -0.25) is 4.98 Å². The van der Waals surface area contributed by atoms with Crippen LogP contribution in [-0.4, -0.2) is 21.7 Å². The molecule has 5 heteroatoms. The summed E-state index contributed by atoms with van der Waals surface area (Å²) in [7, 11) is 0. The normalized spacial score (nSPS) is 12.6. The second-order valence-corrected chi connectivity index (χ2v) is 9.55. The van der Waals surface area contributed by atoms with Crippen LogP contribution in [0.5, 0.6) is 0 Å². The molecule has 1 N–H and O–H groups in total. The van der Waals surface area contributed by atoms with E-state index in [0.717, 1.165) is 38.6 Å². The molecule has 1 unspecified atom stereocenters. The van der Waals surface area contributed by atoms with Gasteiger partial charge in [-0.15, -0.1) is 0 Å². The predicted molar refractivity (Wildman–Crippen MR) is 134 cm³/mol. The molecule has 1 atom stereocenters. The Morgan fingerprint density at radius 1 is 1.00 bits per heavy atom. The first-order chi connectivity index (χ1) is 15.6. The van der Waals surface area contributed by atoms with Crippen molar-refractivity contribution in [3.8, 4) is 22.3 Å². The fourth-order valence-corrected chi connectivity index (χ4v) is 4.25. The van der Waals surface area contributed by atoms with E-state index in [4.69, 9.17) is 16.3 Å². The number of halogens is 1. The molecule has 4 rings (SSSR count). The van der Waals surface area contributed by atoms with E-state index in [9.17, 15) is 9.90 Å². The van der Waals surface area contributed by atoms with Crippen LogP contribution in [0.15, 0.2) is 73.1 Å². The molecule has 1 heterocycles. The molecule has 0 bridgehead atoms. The zero-order valence-corrected chi connectivity index (χ0v) is 19.9. The van der Waals surface area contributed by atoms with Gasteiger partial charge in [-0.25, -0.2) is 4.79 Å². The smallest absolute Gasteiger partial charge is 0.337 e. The van der Waals surface area contributed by atoms with E-state index in [1.807, 2.05) is 88.5 Å². The Labute approximate surface area is 198 Å². The first-order valence-electron chi connectivity index (χ1n) is 10.8. The van der Waals surface area contributed by atoms with Crippen molar-refractivity contribution in [2.75, 3.05) is 0 Å². The van der Waals surface area contributed by atoms with Crippen LogP contribution in [0.2, 0.25) is 5.02 Å². The van der Waals surface area contributed by atoms with Crippen molar-refractivity contribution < 1.29 is 14.6 Å². The van der Waals surface area contributed by atoms with E-state index in [1.165, 1.54) is 0 Å². The lowest BCUT2D eigenvalue weighted by atomic mass is 9.86. The van der Waals surface area contributed by atoms with Gasteiger partial charge in [-0.2, -0.15) is 0 Å². The summed E-state index contributed by atoms with van der Waals surface area (Å²) in [5.74, 6) is -1.02. The van der Waals surface area contributed by atoms with Crippen molar-refractivity contribution in [1.29, 1.82) is 0 Å². The van der Waals surface area contributed by atoms with E-state index in [1.54, 1.807) is 6.20 Å². The fourth-order valence-electron chi connectivity index (χ4n) is 4.13. The lowest BCUT2D eigenvalue weighted by molar-refractivity contribution is -0.160. The van der Waals surface area contributed by atoms with E-state index >= 15 is 0 Å². The molecular formula is C28H26ClNO3. The Hall–Kier alpha value is -3.21. The van der Waals surface area contributed by atoms with Gasteiger partial charge in [-0.05, 0) is 85.0 Å². The minimum Gasteiger partial charge on any atom is -0.479 e. The Kier molecular flexibility index (Phi) is 6.24. The van der Waals surface area contributed by atoms with Gasteiger partial charge in [-0.1, -0.05) is 48.0 Å². The number of pyridine rings is 1. The molecule has 0 aliphatic heterocycles. The number of hydrogen-bond donors (Lipinski definition) is 1. The molecule has 0 saturated carbocycles. The monoisotopic (exact) mass is 459 g/mol. The van der Waals surface area contributed by atoms with Crippen molar-refractivity contribution in [2.24, 2.45) is 0 Å². The number of ether oxygens (including phenoxy) is 1. The summed E-state index contributed by atoms with van der Waals surface area (Å²) in [5, 5.41) is 12.7. The Morgan fingerprint density at radius 3 is 2.30 bits per heavy atom. The molecule has 0 aliphatic carbocycles. The number of benzene rings is 3. The number of aromatic nitrogens is 1. The van der Waals surface area contributed by atoms with E-state index < -0.39 is 17.7 Å². The van der Waals surface area contributed by atoms with Gasteiger partial charge in [0.25, 0.3) is 0 Å². The molecule has 4 nitrogen and oxygen atoms in total. The molecule has 168 valence electrons. The maximum absolute atomic E-state index is 12.4. The van der Waals surface area contributed by atoms with Gasteiger partial charge in [0.05, 0.1) is 5.60 Å². The average molecular weight is 460 g/mol. The number of carboxylic acid groups (broad SMARTS) is 1. The fraction of sp³-hybridized carbons (Fsp3) is 0.214. The average Bonchev–Trinajstić information content (AvgIpc) is 2.77. The molecule has 0 spiro atoms. The SMILES string of the molecule is Cc1cc2cc(-c3cccnc3)ccc2c(-c2ccc(Cl)cc2)c1C(OC(C)(C)C)C(=O)O. The number of hydrogen-bond acceptors (Lipinski definition) is 3. The summed E-state index contributed by atoms with van der Waals surface area (Å²) in [6.45, 7) is 7.53. The van der Waals surface area contributed by atoms with Gasteiger partial charge < -0.3 is 9.84 Å². The summed E-state index contributed by atoms with van der Waals surface area (Å²) in [6, 6.07) is 19.6. The number of nitrogens with zero attached hydrogens (tertiary/aromatic N) is 1. The van der Waals surface area contributed by atoms with Crippen LogP contribution in [0, 0.1) is 6.92 Å². The highest BCUT2D eigenvalue weighted by Gasteiger charge is 2.31. The number of aryl methyl sites for hydroxylation is 1. The van der Waals surface area contributed by atoms with Crippen molar-refractivity contribution in [2.45, 2.75) is 39.4 Å². The molecule has 33 heavy (non-hydrogen) atoms. The first kappa shape index (κ1) is 23.0. The molecule has 0 aliphatic rings. The third kappa shape index (κ3) is 4.92. The Morgan fingerprint density at radius 2 is 1.70 bits per heavy atom. The third-order valence-electron chi connectivity index (χ3n) is 5.47. The van der Waals surface area contributed by atoms with Crippen molar-refractivity contribution in [1.82, 2.24) is 4.98 Å². The zero-order valence-electron chi connectivity index (χ0n) is 19.1. The lowest BCUT2D eigenvalue weighted by Gasteiger charge is -2.28. The molecule has 0 radical (unpaired) electrons. The van der Waals surface area contributed by atoms with Crippen molar-refractivity contribution in [3.05, 3.63) is 89.2 Å². The topological polar surface area (TPSA) is 59.4 Å². The largest absolute Gasteiger partial charge is 0.479 e.